The van der Waals surface area contributed by atoms with Crippen LogP contribution < -0.4 is 14.4 Å². The van der Waals surface area contributed by atoms with Gasteiger partial charge in [-0.3, -0.25) is 9.10 Å². The molecule has 0 bridgehead atoms. The number of carbonyl (C=O) groups excluding carboxylic acids is 1. The lowest BCUT2D eigenvalue weighted by molar-refractivity contribution is 0.102. The van der Waals surface area contributed by atoms with Gasteiger partial charge in [-0.05, 0) is 68.8 Å². The smallest absolute Gasteiger partial charge is 0.264 e. The van der Waals surface area contributed by atoms with Gasteiger partial charge in [0.1, 0.15) is 5.75 Å². The van der Waals surface area contributed by atoms with E-state index in [0.29, 0.717) is 34.9 Å². The maximum Gasteiger partial charge on any atom is 0.264 e. The first-order valence-corrected chi connectivity index (χ1v) is 11.4. The molecule has 0 saturated heterocycles. The van der Waals surface area contributed by atoms with E-state index in [-0.39, 0.29) is 10.8 Å². The molecule has 7 heteroatoms. The van der Waals surface area contributed by atoms with Crippen LogP contribution in [0.4, 0.5) is 11.4 Å². The van der Waals surface area contributed by atoms with Crippen molar-refractivity contribution in [3.63, 3.8) is 0 Å². The standard InChI is InChI=1S/C24H26N2O4S/c1-5-30-23-9-7-6-8-21(23)25-24(27)19-12-15-22(18(3)16-19)26(4)31(28,29)20-13-10-17(2)11-14-20/h6-16H,5H2,1-4H3,(H,25,27). The summed E-state index contributed by atoms with van der Waals surface area (Å²) in [5, 5.41) is 2.85. The number of rotatable bonds is 7. The second-order valence-electron chi connectivity index (χ2n) is 7.17. The van der Waals surface area contributed by atoms with E-state index in [4.69, 9.17) is 4.74 Å². The Bertz CT molecular complexity index is 1190. The number of sulfonamides is 1. The Kier molecular flexibility index (Phi) is 6.65. The first-order valence-electron chi connectivity index (χ1n) is 9.93. The van der Waals surface area contributed by atoms with Gasteiger partial charge in [0, 0.05) is 12.6 Å². The summed E-state index contributed by atoms with van der Waals surface area (Å²) < 4.78 is 32.8. The summed E-state index contributed by atoms with van der Waals surface area (Å²) in [6.07, 6.45) is 0. The number of anilines is 2. The summed E-state index contributed by atoms with van der Waals surface area (Å²) in [5.41, 5.74) is 3.17. The zero-order valence-corrected chi connectivity index (χ0v) is 18.9. The Morgan fingerprint density at radius 2 is 1.68 bits per heavy atom. The van der Waals surface area contributed by atoms with E-state index >= 15 is 0 Å². The van der Waals surface area contributed by atoms with Crippen LogP contribution in [0.1, 0.15) is 28.4 Å². The van der Waals surface area contributed by atoms with E-state index < -0.39 is 10.0 Å². The zero-order chi connectivity index (χ0) is 22.6. The topological polar surface area (TPSA) is 75.7 Å². The molecule has 0 fully saturated rings. The molecular weight excluding hydrogens is 412 g/mol. The van der Waals surface area contributed by atoms with Crippen molar-refractivity contribution < 1.29 is 17.9 Å². The Labute approximate surface area is 183 Å². The van der Waals surface area contributed by atoms with E-state index in [1.165, 1.54) is 11.4 Å². The second-order valence-corrected chi connectivity index (χ2v) is 9.14. The van der Waals surface area contributed by atoms with Crippen LogP contribution >= 0.6 is 0 Å². The molecule has 31 heavy (non-hydrogen) atoms. The lowest BCUT2D eigenvalue weighted by Crippen LogP contribution is -2.27. The predicted molar refractivity (Wildman–Crippen MR) is 124 cm³/mol. The highest BCUT2D eigenvalue weighted by atomic mass is 32.2. The highest BCUT2D eigenvalue weighted by molar-refractivity contribution is 7.92. The largest absolute Gasteiger partial charge is 0.492 e. The van der Waals surface area contributed by atoms with Gasteiger partial charge in [-0.2, -0.15) is 0 Å². The Balaban J connectivity index is 1.84. The number of benzene rings is 3. The number of nitrogens with one attached hydrogen (secondary N) is 1. The number of para-hydroxylation sites is 2. The molecule has 0 spiro atoms. The number of amides is 1. The number of hydrogen-bond acceptors (Lipinski definition) is 4. The van der Waals surface area contributed by atoms with Crippen LogP contribution in [-0.4, -0.2) is 28.0 Å². The van der Waals surface area contributed by atoms with E-state index in [1.807, 2.05) is 26.0 Å². The first kappa shape index (κ1) is 22.4. The van der Waals surface area contributed by atoms with E-state index in [9.17, 15) is 13.2 Å². The minimum atomic E-state index is -3.71. The summed E-state index contributed by atoms with van der Waals surface area (Å²) in [7, 11) is -2.20. The molecule has 0 heterocycles. The van der Waals surface area contributed by atoms with E-state index in [0.717, 1.165) is 5.56 Å². The number of ether oxygens (including phenoxy) is 1. The van der Waals surface area contributed by atoms with Gasteiger partial charge in [0.05, 0.1) is 22.9 Å². The van der Waals surface area contributed by atoms with Crippen LogP contribution in [0.2, 0.25) is 0 Å². The minimum absolute atomic E-state index is 0.217. The second kappa shape index (κ2) is 9.22. The van der Waals surface area contributed by atoms with Crippen LogP contribution in [0.3, 0.4) is 0 Å². The average Bonchev–Trinajstić information content (AvgIpc) is 2.75. The number of carbonyl (C=O) groups is 1. The minimum Gasteiger partial charge on any atom is -0.492 e. The van der Waals surface area contributed by atoms with Crippen molar-refractivity contribution in [2.75, 3.05) is 23.3 Å². The number of hydrogen-bond donors (Lipinski definition) is 1. The molecule has 6 nitrogen and oxygen atoms in total. The highest BCUT2D eigenvalue weighted by Gasteiger charge is 2.23. The van der Waals surface area contributed by atoms with Gasteiger partial charge in [-0.1, -0.05) is 29.8 Å². The van der Waals surface area contributed by atoms with Crippen molar-refractivity contribution in [1.29, 1.82) is 0 Å². The molecule has 0 aliphatic carbocycles. The molecule has 0 aliphatic heterocycles. The molecule has 0 aromatic heterocycles. The van der Waals surface area contributed by atoms with Gasteiger partial charge in [-0.15, -0.1) is 0 Å². The molecule has 0 radical (unpaired) electrons. The van der Waals surface area contributed by atoms with E-state index in [2.05, 4.69) is 5.32 Å². The fourth-order valence-electron chi connectivity index (χ4n) is 3.19. The van der Waals surface area contributed by atoms with Gasteiger partial charge in [0.2, 0.25) is 0 Å². The quantitative estimate of drug-likeness (QED) is 0.576. The number of aryl methyl sites for hydroxylation is 2. The summed E-state index contributed by atoms with van der Waals surface area (Å²) >= 11 is 0. The Morgan fingerprint density at radius 3 is 2.32 bits per heavy atom. The third-order valence-electron chi connectivity index (χ3n) is 4.91. The normalized spacial score (nSPS) is 11.1. The molecule has 1 N–H and O–H groups in total. The van der Waals surface area contributed by atoms with Gasteiger partial charge >= 0.3 is 0 Å². The SMILES string of the molecule is CCOc1ccccc1NC(=O)c1ccc(N(C)S(=O)(=O)c2ccc(C)cc2)c(C)c1. The van der Waals surface area contributed by atoms with Crippen molar-refractivity contribution in [3.05, 3.63) is 83.4 Å². The molecular formula is C24H26N2O4S. The summed E-state index contributed by atoms with van der Waals surface area (Å²) in [5.74, 6) is 0.293. The van der Waals surface area contributed by atoms with Gasteiger partial charge < -0.3 is 10.1 Å². The molecule has 0 unspecified atom stereocenters. The van der Waals surface area contributed by atoms with Crippen molar-refractivity contribution in [2.45, 2.75) is 25.7 Å². The average molecular weight is 439 g/mol. The maximum atomic E-state index is 13.0. The summed E-state index contributed by atoms with van der Waals surface area (Å²) in [6, 6.07) is 18.9. The predicted octanol–water partition coefficient (Wildman–Crippen LogP) is 4.78. The molecule has 0 atom stereocenters. The molecule has 1 amide bonds. The highest BCUT2D eigenvalue weighted by Crippen LogP contribution is 2.28. The fourth-order valence-corrected chi connectivity index (χ4v) is 4.45. The van der Waals surface area contributed by atoms with Crippen LogP contribution in [0.15, 0.2) is 71.6 Å². The van der Waals surface area contributed by atoms with Crippen LogP contribution in [0.5, 0.6) is 5.75 Å². The summed E-state index contributed by atoms with van der Waals surface area (Å²) in [6.45, 7) is 6.05. The molecule has 3 aromatic carbocycles. The van der Waals surface area contributed by atoms with Gasteiger partial charge in [-0.25, -0.2) is 8.42 Å². The fraction of sp³-hybridized carbons (Fsp3) is 0.208. The number of nitrogens with zero attached hydrogens (tertiary/aromatic N) is 1. The maximum absolute atomic E-state index is 13.0. The molecule has 3 aromatic rings. The lowest BCUT2D eigenvalue weighted by atomic mass is 10.1. The molecule has 0 saturated carbocycles. The van der Waals surface area contributed by atoms with Crippen LogP contribution in [-0.2, 0) is 10.0 Å². The van der Waals surface area contributed by atoms with Crippen LogP contribution in [0, 0.1) is 13.8 Å². The third-order valence-corrected chi connectivity index (χ3v) is 6.70. The van der Waals surface area contributed by atoms with Crippen LogP contribution in [0.25, 0.3) is 0 Å². The van der Waals surface area contributed by atoms with Crippen molar-refractivity contribution in [1.82, 2.24) is 0 Å². The van der Waals surface area contributed by atoms with E-state index in [1.54, 1.807) is 61.5 Å². The Morgan fingerprint density at radius 1 is 1.00 bits per heavy atom. The lowest BCUT2D eigenvalue weighted by Gasteiger charge is -2.22. The van der Waals surface area contributed by atoms with Crippen molar-refractivity contribution >= 4 is 27.3 Å². The Hall–Kier alpha value is -3.32. The van der Waals surface area contributed by atoms with Crippen molar-refractivity contribution in [2.24, 2.45) is 0 Å². The molecule has 162 valence electrons. The zero-order valence-electron chi connectivity index (χ0n) is 18.0. The summed E-state index contributed by atoms with van der Waals surface area (Å²) in [4.78, 5) is 13.0. The molecule has 3 rings (SSSR count). The van der Waals surface area contributed by atoms with Gasteiger partial charge in [0.15, 0.2) is 0 Å². The van der Waals surface area contributed by atoms with Crippen molar-refractivity contribution in [3.8, 4) is 5.75 Å². The van der Waals surface area contributed by atoms with Gasteiger partial charge in [0.25, 0.3) is 15.9 Å². The third kappa shape index (κ3) is 4.88. The molecule has 0 aliphatic rings. The monoisotopic (exact) mass is 438 g/mol. The first-order chi connectivity index (χ1) is 14.7.